The summed E-state index contributed by atoms with van der Waals surface area (Å²) < 4.78 is 0. The number of thioether (sulfide) groups is 1. The van der Waals surface area contributed by atoms with Gasteiger partial charge in [0.05, 0.1) is 5.75 Å². The van der Waals surface area contributed by atoms with Crippen LogP contribution in [0.2, 0.25) is 0 Å². The highest BCUT2D eigenvalue weighted by atomic mass is 32.2. The van der Waals surface area contributed by atoms with Gasteiger partial charge >= 0.3 is 0 Å². The normalized spacial score (nSPS) is 23.8. The lowest BCUT2D eigenvalue weighted by atomic mass is 9.68. The summed E-state index contributed by atoms with van der Waals surface area (Å²) in [6.45, 7) is 6.40. The van der Waals surface area contributed by atoms with Crippen molar-refractivity contribution in [1.29, 1.82) is 0 Å². The summed E-state index contributed by atoms with van der Waals surface area (Å²) in [6.07, 6.45) is 4.73. The Morgan fingerprint density at radius 3 is 2.64 bits per heavy atom. The Morgan fingerprint density at radius 2 is 1.96 bits per heavy atom. The van der Waals surface area contributed by atoms with Crippen LogP contribution in [0.25, 0.3) is 0 Å². The molecule has 25 heavy (non-hydrogen) atoms. The molecule has 0 radical (unpaired) electrons. The monoisotopic (exact) mass is 360 g/mol. The van der Waals surface area contributed by atoms with Crippen LogP contribution in [-0.4, -0.2) is 60.4 Å². The number of carbonyl (C=O) groups is 1. The highest BCUT2D eigenvalue weighted by molar-refractivity contribution is 7.99. The zero-order valence-electron chi connectivity index (χ0n) is 15.7. The van der Waals surface area contributed by atoms with Gasteiger partial charge in [-0.1, -0.05) is 37.3 Å². The van der Waals surface area contributed by atoms with E-state index in [1.807, 2.05) is 0 Å². The predicted octanol–water partition coefficient (Wildman–Crippen LogP) is 3.86. The molecule has 2 fully saturated rings. The molecule has 2 aliphatic heterocycles. The van der Waals surface area contributed by atoms with E-state index in [1.165, 1.54) is 18.5 Å². The molecule has 0 unspecified atom stereocenters. The number of benzene rings is 1. The fourth-order valence-corrected chi connectivity index (χ4v) is 5.39. The van der Waals surface area contributed by atoms with Crippen LogP contribution in [0.5, 0.6) is 0 Å². The summed E-state index contributed by atoms with van der Waals surface area (Å²) >= 11 is 1.78. The van der Waals surface area contributed by atoms with Crippen LogP contribution in [0.15, 0.2) is 30.3 Å². The maximum atomic E-state index is 12.4. The second kappa shape index (κ2) is 8.59. The van der Waals surface area contributed by atoms with E-state index in [0.29, 0.717) is 23.0 Å². The Bertz CT molecular complexity index is 554. The van der Waals surface area contributed by atoms with Gasteiger partial charge in [0.2, 0.25) is 5.91 Å². The van der Waals surface area contributed by atoms with Crippen molar-refractivity contribution in [3.8, 4) is 0 Å². The molecule has 2 saturated heterocycles. The molecule has 0 bridgehead atoms. The van der Waals surface area contributed by atoms with Crippen molar-refractivity contribution in [2.45, 2.75) is 38.5 Å². The van der Waals surface area contributed by atoms with Crippen LogP contribution in [-0.2, 0) is 4.79 Å². The van der Waals surface area contributed by atoms with E-state index in [9.17, 15) is 4.79 Å². The second-order valence-electron chi connectivity index (χ2n) is 7.94. The Kier molecular flexibility index (Phi) is 6.45. The topological polar surface area (TPSA) is 23.6 Å². The largest absolute Gasteiger partial charge is 0.342 e. The number of likely N-dealkylation sites (N-methyl/N-ethyl adjacent to an activating group) is 1. The number of carbonyl (C=O) groups excluding carboxylic acids is 1. The molecule has 0 N–H and O–H groups in total. The van der Waals surface area contributed by atoms with Crippen molar-refractivity contribution in [1.82, 2.24) is 9.80 Å². The number of piperidine rings is 2. The maximum absolute atomic E-state index is 12.4. The molecule has 138 valence electrons. The molecule has 3 rings (SSSR count). The van der Waals surface area contributed by atoms with E-state index >= 15 is 0 Å². The Labute approximate surface area is 157 Å². The van der Waals surface area contributed by atoms with Crippen LogP contribution < -0.4 is 0 Å². The van der Waals surface area contributed by atoms with Crippen molar-refractivity contribution < 1.29 is 4.79 Å². The minimum atomic E-state index is 0.345. The van der Waals surface area contributed by atoms with Crippen LogP contribution in [0.3, 0.4) is 0 Å². The van der Waals surface area contributed by atoms with Gasteiger partial charge in [0.25, 0.3) is 0 Å². The van der Waals surface area contributed by atoms with E-state index in [0.717, 1.165) is 44.6 Å². The van der Waals surface area contributed by atoms with Gasteiger partial charge in [-0.15, -0.1) is 0 Å². The van der Waals surface area contributed by atoms with Gasteiger partial charge in [0.1, 0.15) is 0 Å². The molecule has 0 aliphatic carbocycles. The Morgan fingerprint density at radius 1 is 1.24 bits per heavy atom. The van der Waals surface area contributed by atoms with Crippen molar-refractivity contribution >= 4 is 17.7 Å². The molecule has 1 atom stereocenters. The van der Waals surface area contributed by atoms with Gasteiger partial charge in [0.15, 0.2) is 0 Å². The first-order valence-electron chi connectivity index (χ1n) is 9.71. The number of hydrogen-bond acceptors (Lipinski definition) is 3. The smallest absolute Gasteiger partial charge is 0.232 e. The molecular weight excluding hydrogens is 328 g/mol. The minimum Gasteiger partial charge on any atom is -0.342 e. The number of hydrogen-bond donors (Lipinski definition) is 0. The third-order valence-electron chi connectivity index (χ3n) is 5.84. The van der Waals surface area contributed by atoms with Gasteiger partial charge in [-0.05, 0) is 55.4 Å². The summed E-state index contributed by atoms with van der Waals surface area (Å²) in [5.41, 5.74) is 1.86. The summed E-state index contributed by atoms with van der Waals surface area (Å²) in [7, 11) is 2.26. The van der Waals surface area contributed by atoms with E-state index in [-0.39, 0.29) is 0 Å². The van der Waals surface area contributed by atoms with Gasteiger partial charge in [-0.25, -0.2) is 0 Å². The zero-order chi connectivity index (χ0) is 17.7. The third-order valence-corrected chi connectivity index (χ3v) is 6.99. The SMILES string of the molecule is CCCSCC(=O)N1CCC2(CC1)C[C@@H](c1ccccc1)CN(C)C2. The highest BCUT2D eigenvalue weighted by Gasteiger charge is 2.41. The maximum Gasteiger partial charge on any atom is 0.232 e. The van der Waals surface area contributed by atoms with Crippen molar-refractivity contribution in [3.63, 3.8) is 0 Å². The van der Waals surface area contributed by atoms with Crippen molar-refractivity contribution in [2.75, 3.05) is 44.7 Å². The average Bonchev–Trinajstić information content (AvgIpc) is 2.62. The number of amides is 1. The quantitative estimate of drug-likeness (QED) is 0.745. The van der Waals surface area contributed by atoms with Crippen LogP contribution in [0.4, 0.5) is 0 Å². The van der Waals surface area contributed by atoms with Gasteiger partial charge in [0, 0.05) is 26.2 Å². The van der Waals surface area contributed by atoms with Crippen LogP contribution in [0.1, 0.15) is 44.1 Å². The van der Waals surface area contributed by atoms with E-state index in [4.69, 9.17) is 0 Å². The van der Waals surface area contributed by atoms with Crippen LogP contribution >= 0.6 is 11.8 Å². The van der Waals surface area contributed by atoms with Gasteiger partial charge < -0.3 is 9.80 Å². The fourth-order valence-electron chi connectivity index (χ4n) is 4.60. The predicted molar refractivity (Wildman–Crippen MR) is 107 cm³/mol. The van der Waals surface area contributed by atoms with Gasteiger partial charge in [-0.3, -0.25) is 4.79 Å². The molecule has 1 amide bonds. The molecule has 2 aliphatic rings. The Balaban J connectivity index is 1.58. The molecule has 1 aromatic rings. The molecule has 1 aromatic carbocycles. The average molecular weight is 361 g/mol. The van der Waals surface area contributed by atoms with E-state index < -0.39 is 0 Å². The summed E-state index contributed by atoms with van der Waals surface area (Å²) in [4.78, 5) is 17.0. The second-order valence-corrected chi connectivity index (χ2v) is 9.05. The molecular formula is C21H32N2OS. The summed E-state index contributed by atoms with van der Waals surface area (Å²) in [5.74, 6) is 2.72. The van der Waals surface area contributed by atoms with Gasteiger partial charge in [-0.2, -0.15) is 11.8 Å². The fraction of sp³-hybridized carbons (Fsp3) is 0.667. The number of likely N-dealkylation sites (tertiary alicyclic amines) is 2. The standard InChI is InChI=1S/C21H32N2OS/c1-3-13-25-16-20(24)23-11-9-21(10-12-23)14-19(15-22(2)17-21)18-7-5-4-6-8-18/h4-8,19H,3,9-17H2,1-2H3/t19-/m1/s1. The summed E-state index contributed by atoms with van der Waals surface area (Å²) in [6, 6.07) is 11.0. The van der Waals surface area contributed by atoms with Crippen molar-refractivity contribution in [2.24, 2.45) is 5.41 Å². The molecule has 3 nitrogen and oxygen atoms in total. The molecule has 1 spiro atoms. The van der Waals surface area contributed by atoms with Crippen molar-refractivity contribution in [3.05, 3.63) is 35.9 Å². The zero-order valence-corrected chi connectivity index (χ0v) is 16.6. The first-order chi connectivity index (χ1) is 12.1. The Hall–Kier alpha value is -1.00. The first kappa shape index (κ1) is 18.8. The van der Waals surface area contributed by atoms with E-state index in [2.05, 4.69) is 54.1 Å². The number of rotatable bonds is 5. The van der Waals surface area contributed by atoms with Crippen LogP contribution in [0, 0.1) is 5.41 Å². The lowest BCUT2D eigenvalue weighted by molar-refractivity contribution is -0.131. The minimum absolute atomic E-state index is 0.345. The number of nitrogens with zero attached hydrogens (tertiary/aromatic N) is 2. The highest BCUT2D eigenvalue weighted by Crippen LogP contribution is 2.44. The lowest BCUT2D eigenvalue weighted by Crippen LogP contribution is -2.51. The lowest BCUT2D eigenvalue weighted by Gasteiger charge is -2.49. The van der Waals surface area contributed by atoms with E-state index in [1.54, 1.807) is 11.8 Å². The summed E-state index contributed by atoms with van der Waals surface area (Å²) in [5, 5.41) is 0. The molecule has 2 heterocycles. The third kappa shape index (κ3) is 4.79. The molecule has 0 saturated carbocycles. The molecule has 0 aromatic heterocycles. The first-order valence-corrected chi connectivity index (χ1v) is 10.9. The molecule has 4 heteroatoms.